The van der Waals surface area contributed by atoms with Crippen LogP contribution in [0.2, 0.25) is 0 Å². The van der Waals surface area contributed by atoms with Crippen LogP contribution < -0.4 is 5.73 Å². The SMILES string of the molecule is C=C.C=C(F)C(N)=C(C)C.CC. The Hall–Kier alpha value is -1.05. The minimum absolute atomic E-state index is 0.157. The van der Waals surface area contributed by atoms with Gasteiger partial charge in [0, 0.05) is 0 Å². The van der Waals surface area contributed by atoms with Crippen LogP contribution in [-0.4, -0.2) is 0 Å². The molecule has 0 saturated carbocycles. The smallest absolute Gasteiger partial charge is 0.138 e. The van der Waals surface area contributed by atoms with Crippen LogP contribution >= 0.6 is 0 Å². The number of halogens is 1. The number of rotatable bonds is 1. The van der Waals surface area contributed by atoms with Crippen LogP contribution in [0, 0.1) is 0 Å². The van der Waals surface area contributed by atoms with Crippen molar-refractivity contribution in [1.29, 1.82) is 0 Å². The minimum atomic E-state index is -0.551. The van der Waals surface area contributed by atoms with Crippen molar-refractivity contribution in [2.75, 3.05) is 0 Å². The van der Waals surface area contributed by atoms with Gasteiger partial charge >= 0.3 is 0 Å². The van der Waals surface area contributed by atoms with E-state index in [9.17, 15) is 4.39 Å². The molecule has 0 radical (unpaired) electrons. The van der Waals surface area contributed by atoms with Crippen molar-refractivity contribution in [3.8, 4) is 0 Å². The molecule has 0 amide bonds. The van der Waals surface area contributed by atoms with Crippen LogP contribution in [0.5, 0.6) is 0 Å². The second kappa shape index (κ2) is 12.6. The summed E-state index contributed by atoms with van der Waals surface area (Å²) in [5.41, 5.74) is 6.08. The molecule has 0 spiro atoms. The second-order valence-electron chi connectivity index (χ2n) is 1.82. The highest BCUT2D eigenvalue weighted by Crippen LogP contribution is 2.06. The molecule has 0 rings (SSSR count). The molecule has 0 aliphatic heterocycles. The average Bonchev–Trinajstić information content (AvgIpc) is 2.10. The molecule has 2 N–H and O–H groups in total. The van der Waals surface area contributed by atoms with E-state index in [0.29, 0.717) is 0 Å². The summed E-state index contributed by atoms with van der Waals surface area (Å²) in [6.45, 7) is 16.5. The van der Waals surface area contributed by atoms with Gasteiger partial charge in [0.15, 0.2) is 0 Å². The molecule has 12 heavy (non-hydrogen) atoms. The molecule has 0 aliphatic rings. The molecule has 0 aliphatic carbocycles. The third kappa shape index (κ3) is 11.7. The summed E-state index contributed by atoms with van der Waals surface area (Å²) in [5, 5.41) is 0. The molecular formula is C10H20FN. The first kappa shape index (κ1) is 17.2. The van der Waals surface area contributed by atoms with Gasteiger partial charge < -0.3 is 5.73 Å². The summed E-state index contributed by atoms with van der Waals surface area (Å²) in [6.07, 6.45) is 0. The third-order valence-corrected chi connectivity index (χ3v) is 0.831. The quantitative estimate of drug-likeness (QED) is 0.476. The molecule has 0 saturated heterocycles. The largest absolute Gasteiger partial charge is 0.396 e. The topological polar surface area (TPSA) is 26.0 Å². The normalized spacial score (nSPS) is 6.42. The van der Waals surface area contributed by atoms with Gasteiger partial charge in [-0.05, 0) is 13.8 Å². The van der Waals surface area contributed by atoms with Gasteiger partial charge in [-0.1, -0.05) is 26.0 Å². The minimum Gasteiger partial charge on any atom is -0.396 e. The lowest BCUT2D eigenvalue weighted by Crippen LogP contribution is -1.98. The number of allylic oxidation sites excluding steroid dienone is 2. The van der Waals surface area contributed by atoms with E-state index in [1.165, 1.54) is 0 Å². The predicted molar refractivity (Wildman–Crippen MR) is 55.4 cm³/mol. The average molecular weight is 173 g/mol. The predicted octanol–water partition coefficient (Wildman–Crippen LogP) is 3.55. The van der Waals surface area contributed by atoms with Crippen molar-refractivity contribution in [2.24, 2.45) is 5.73 Å². The van der Waals surface area contributed by atoms with Gasteiger partial charge in [-0.25, -0.2) is 4.39 Å². The van der Waals surface area contributed by atoms with Crippen LogP contribution in [-0.2, 0) is 0 Å². The molecule has 0 atom stereocenters. The van der Waals surface area contributed by atoms with E-state index in [1.54, 1.807) is 13.8 Å². The van der Waals surface area contributed by atoms with E-state index in [2.05, 4.69) is 19.7 Å². The lowest BCUT2D eigenvalue weighted by molar-refractivity contribution is 0.650. The molecule has 0 fully saturated rings. The van der Waals surface area contributed by atoms with E-state index in [4.69, 9.17) is 5.73 Å². The number of hydrogen-bond acceptors (Lipinski definition) is 1. The Bertz CT molecular complexity index is 144. The second-order valence-corrected chi connectivity index (χ2v) is 1.82. The zero-order chi connectivity index (χ0) is 10.7. The third-order valence-electron chi connectivity index (χ3n) is 0.831. The molecule has 0 heterocycles. The summed E-state index contributed by atoms with van der Waals surface area (Å²) in [4.78, 5) is 0. The highest BCUT2D eigenvalue weighted by Gasteiger charge is 1.94. The summed E-state index contributed by atoms with van der Waals surface area (Å²) in [6, 6.07) is 0. The van der Waals surface area contributed by atoms with E-state index in [1.807, 2.05) is 13.8 Å². The Balaban J connectivity index is -0.000000175. The van der Waals surface area contributed by atoms with E-state index in [0.717, 1.165) is 5.57 Å². The first-order valence-electron chi connectivity index (χ1n) is 3.83. The van der Waals surface area contributed by atoms with Crippen molar-refractivity contribution in [2.45, 2.75) is 27.7 Å². The monoisotopic (exact) mass is 173 g/mol. The Labute approximate surface area is 75.5 Å². The lowest BCUT2D eigenvalue weighted by atomic mass is 10.2. The molecule has 0 aromatic carbocycles. The maximum Gasteiger partial charge on any atom is 0.138 e. The molecular weight excluding hydrogens is 153 g/mol. The highest BCUT2D eigenvalue weighted by atomic mass is 19.1. The van der Waals surface area contributed by atoms with Gasteiger partial charge in [-0.15, -0.1) is 13.2 Å². The Kier molecular flexibility index (Phi) is 18.0. The first-order chi connectivity index (χ1) is 5.55. The van der Waals surface area contributed by atoms with Gasteiger partial charge in [0.05, 0.1) is 5.70 Å². The summed E-state index contributed by atoms with van der Waals surface area (Å²) >= 11 is 0. The first-order valence-corrected chi connectivity index (χ1v) is 3.83. The molecule has 0 bridgehead atoms. The molecule has 0 aromatic rings. The molecule has 0 unspecified atom stereocenters. The van der Waals surface area contributed by atoms with E-state index < -0.39 is 5.83 Å². The van der Waals surface area contributed by atoms with Crippen LogP contribution in [0.3, 0.4) is 0 Å². The maximum atomic E-state index is 12.0. The van der Waals surface area contributed by atoms with Crippen molar-refractivity contribution < 1.29 is 4.39 Å². The van der Waals surface area contributed by atoms with Crippen LogP contribution in [0.15, 0.2) is 36.8 Å². The zero-order valence-corrected chi connectivity index (χ0v) is 8.58. The molecule has 72 valence electrons. The fourth-order valence-electron chi connectivity index (χ4n) is 0.271. The fourth-order valence-corrected chi connectivity index (χ4v) is 0.271. The van der Waals surface area contributed by atoms with Gasteiger partial charge in [0.2, 0.25) is 0 Å². The number of nitrogens with two attached hydrogens (primary N) is 1. The van der Waals surface area contributed by atoms with Crippen molar-refractivity contribution in [3.63, 3.8) is 0 Å². The number of hydrogen-bond donors (Lipinski definition) is 1. The molecule has 0 aromatic heterocycles. The Morgan fingerprint density at radius 1 is 1.17 bits per heavy atom. The zero-order valence-electron chi connectivity index (χ0n) is 8.58. The lowest BCUT2D eigenvalue weighted by Gasteiger charge is -1.95. The van der Waals surface area contributed by atoms with Crippen LogP contribution in [0.25, 0.3) is 0 Å². The van der Waals surface area contributed by atoms with Crippen LogP contribution in [0.1, 0.15) is 27.7 Å². The Morgan fingerprint density at radius 2 is 1.42 bits per heavy atom. The molecule has 1 nitrogen and oxygen atoms in total. The van der Waals surface area contributed by atoms with Gasteiger partial charge in [-0.2, -0.15) is 0 Å². The van der Waals surface area contributed by atoms with Gasteiger partial charge in [0.25, 0.3) is 0 Å². The van der Waals surface area contributed by atoms with Crippen molar-refractivity contribution >= 4 is 0 Å². The van der Waals surface area contributed by atoms with E-state index in [-0.39, 0.29) is 5.70 Å². The standard InChI is InChI=1S/C6H10FN.C2H6.C2H4/c1-4(2)6(8)5(3)7;2*1-2/h3,8H2,1-2H3;1-2H3;1-2H2. The fraction of sp³-hybridized carbons (Fsp3) is 0.400. The van der Waals surface area contributed by atoms with Crippen molar-refractivity contribution in [3.05, 3.63) is 36.8 Å². The summed E-state index contributed by atoms with van der Waals surface area (Å²) < 4.78 is 12.0. The van der Waals surface area contributed by atoms with Gasteiger partial charge in [0.1, 0.15) is 5.83 Å². The summed E-state index contributed by atoms with van der Waals surface area (Å²) in [7, 11) is 0. The maximum absolute atomic E-state index is 12.0. The molecule has 2 heteroatoms. The highest BCUT2D eigenvalue weighted by molar-refractivity contribution is 5.22. The Morgan fingerprint density at radius 3 is 1.42 bits per heavy atom. The van der Waals surface area contributed by atoms with Gasteiger partial charge in [-0.3, -0.25) is 0 Å². The van der Waals surface area contributed by atoms with Crippen LogP contribution in [0.4, 0.5) is 4.39 Å². The van der Waals surface area contributed by atoms with E-state index >= 15 is 0 Å². The van der Waals surface area contributed by atoms with Crippen molar-refractivity contribution in [1.82, 2.24) is 0 Å². The summed E-state index contributed by atoms with van der Waals surface area (Å²) in [5.74, 6) is -0.551.